The molecular weight excluding hydrogens is 322 g/mol. The van der Waals surface area contributed by atoms with Crippen LogP contribution in [0.15, 0.2) is 24.3 Å². The van der Waals surface area contributed by atoms with Gasteiger partial charge in [-0.25, -0.2) is 4.79 Å². The number of phenolic OH excluding ortho intramolecular Hbond substituents is 1. The van der Waals surface area contributed by atoms with Crippen LogP contribution in [0.5, 0.6) is 5.75 Å². The average molecular weight is 339 g/mol. The lowest BCUT2D eigenvalue weighted by atomic mass is 10.0. The van der Waals surface area contributed by atoms with Gasteiger partial charge in [-0.1, -0.05) is 25.1 Å². The van der Waals surface area contributed by atoms with E-state index in [-0.39, 0.29) is 17.9 Å². The van der Waals surface area contributed by atoms with Gasteiger partial charge in [-0.15, -0.1) is 11.8 Å². The van der Waals surface area contributed by atoms with E-state index in [0.717, 1.165) is 0 Å². The third-order valence-corrected chi connectivity index (χ3v) is 4.95. The second kappa shape index (κ2) is 6.91. The highest BCUT2D eigenvalue weighted by Gasteiger charge is 2.44. The fourth-order valence-corrected chi connectivity index (χ4v) is 3.96. The molecular formula is C15H17NO6S. The average Bonchev–Trinajstić information content (AvgIpc) is 2.90. The number of aromatic hydroxyl groups is 1. The molecule has 0 aromatic heterocycles. The molecule has 3 N–H and O–H groups in total. The van der Waals surface area contributed by atoms with Crippen LogP contribution in [-0.4, -0.2) is 49.9 Å². The number of carboxylic acids is 2. The number of carboxylic acid groups (broad SMARTS) is 2. The smallest absolute Gasteiger partial charge is 0.327 e. The van der Waals surface area contributed by atoms with Gasteiger partial charge in [0.05, 0.1) is 6.42 Å². The topological polar surface area (TPSA) is 115 Å². The van der Waals surface area contributed by atoms with Crippen molar-refractivity contribution in [2.45, 2.75) is 24.8 Å². The molecule has 0 radical (unpaired) electrons. The predicted molar refractivity (Wildman–Crippen MR) is 83.0 cm³/mol. The highest BCUT2D eigenvalue weighted by Crippen LogP contribution is 2.45. The van der Waals surface area contributed by atoms with Crippen molar-refractivity contribution in [3.8, 4) is 5.75 Å². The quantitative estimate of drug-likeness (QED) is 0.745. The standard InChI is InChI=1S/C15H17NO6S/c1-8(6-12(18)19)13(20)16-10(15(21)22)7-23-14(16)9-4-2-3-5-11(9)17/h2-5,8,10,14,17H,6-7H2,1H3,(H,18,19)(H,21,22)/t8?,10-,14?/m0/s1. The minimum absolute atomic E-state index is 0.0280. The van der Waals surface area contributed by atoms with Crippen LogP contribution in [0.4, 0.5) is 0 Å². The number of rotatable bonds is 5. The number of thioether (sulfide) groups is 1. The largest absolute Gasteiger partial charge is 0.508 e. The van der Waals surface area contributed by atoms with Crippen LogP contribution in [0.25, 0.3) is 0 Å². The van der Waals surface area contributed by atoms with E-state index < -0.39 is 35.2 Å². The van der Waals surface area contributed by atoms with Crippen LogP contribution in [-0.2, 0) is 14.4 Å². The van der Waals surface area contributed by atoms with Gasteiger partial charge in [0, 0.05) is 17.2 Å². The van der Waals surface area contributed by atoms with Crippen LogP contribution >= 0.6 is 11.8 Å². The van der Waals surface area contributed by atoms with Crippen molar-refractivity contribution >= 4 is 29.6 Å². The summed E-state index contributed by atoms with van der Waals surface area (Å²) in [6.07, 6.45) is -0.375. The first-order valence-electron chi connectivity index (χ1n) is 6.99. The Morgan fingerprint density at radius 1 is 1.30 bits per heavy atom. The van der Waals surface area contributed by atoms with Gasteiger partial charge < -0.3 is 20.2 Å². The normalized spacial score (nSPS) is 21.9. The molecule has 1 amide bonds. The Morgan fingerprint density at radius 3 is 2.52 bits per heavy atom. The summed E-state index contributed by atoms with van der Waals surface area (Å²) in [5, 5.41) is 27.5. The second-order valence-electron chi connectivity index (χ2n) is 5.34. The fraction of sp³-hybridized carbons (Fsp3) is 0.400. The number of benzene rings is 1. The van der Waals surface area contributed by atoms with E-state index in [1.807, 2.05) is 0 Å². The Bertz CT molecular complexity index is 634. The Morgan fingerprint density at radius 2 is 1.96 bits per heavy atom. The molecule has 2 rings (SSSR count). The molecule has 8 heteroatoms. The Hall–Kier alpha value is -2.22. The zero-order valence-electron chi connectivity index (χ0n) is 12.4. The van der Waals surface area contributed by atoms with Crippen molar-refractivity contribution in [1.29, 1.82) is 0 Å². The maximum absolute atomic E-state index is 12.6. The first-order chi connectivity index (χ1) is 10.8. The number of hydrogen-bond acceptors (Lipinski definition) is 5. The first kappa shape index (κ1) is 17.1. The van der Waals surface area contributed by atoms with E-state index in [1.54, 1.807) is 18.2 Å². The summed E-state index contributed by atoms with van der Waals surface area (Å²) in [6, 6.07) is 5.36. The molecule has 7 nitrogen and oxygen atoms in total. The summed E-state index contributed by atoms with van der Waals surface area (Å²) in [5.74, 6) is -3.51. The van der Waals surface area contributed by atoms with Gasteiger partial charge in [0.25, 0.3) is 0 Å². The van der Waals surface area contributed by atoms with Crippen LogP contribution in [0.2, 0.25) is 0 Å². The maximum atomic E-state index is 12.6. The van der Waals surface area contributed by atoms with Crippen LogP contribution in [0.1, 0.15) is 24.3 Å². The molecule has 23 heavy (non-hydrogen) atoms. The predicted octanol–water partition coefficient (Wildman–Crippen LogP) is 1.53. The van der Waals surface area contributed by atoms with E-state index in [4.69, 9.17) is 5.11 Å². The van der Waals surface area contributed by atoms with Gasteiger partial charge >= 0.3 is 11.9 Å². The Balaban J connectivity index is 2.35. The summed E-state index contributed by atoms with van der Waals surface area (Å²) in [4.78, 5) is 36.0. The number of nitrogens with zero attached hydrogens (tertiary/aromatic N) is 1. The van der Waals surface area contributed by atoms with Crippen LogP contribution < -0.4 is 0 Å². The highest BCUT2D eigenvalue weighted by molar-refractivity contribution is 7.99. The molecule has 1 aliphatic rings. The molecule has 124 valence electrons. The number of para-hydroxylation sites is 1. The minimum Gasteiger partial charge on any atom is -0.508 e. The first-order valence-corrected chi connectivity index (χ1v) is 8.04. The van der Waals surface area contributed by atoms with Crippen LogP contribution in [0, 0.1) is 5.92 Å². The molecule has 1 aliphatic heterocycles. The minimum atomic E-state index is -1.15. The van der Waals surface area contributed by atoms with Crippen LogP contribution in [0.3, 0.4) is 0 Å². The second-order valence-corrected chi connectivity index (χ2v) is 6.46. The lowest BCUT2D eigenvalue weighted by molar-refractivity contribution is -0.152. The lowest BCUT2D eigenvalue weighted by Crippen LogP contribution is -2.45. The monoisotopic (exact) mass is 339 g/mol. The Labute approximate surface area is 136 Å². The SMILES string of the molecule is CC(CC(=O)O)C(=O)N1C(c2ccccc2O)SC[C@H]1C(=O)O. The van der Waals surface area contributed by atoms with E-state index in [2.05, 4.69) is 0 Å². The molecule has 2 unspecified atom stereocenters. The van der Waals surface area contributed by atoms with Gasteiger partial charge in [-0.05, 0) is 6.07 Å². The van der Waals surface area contributed by atoms with E-state index in [9.17, 15) is 24.6 Å². The van der Waals surface area contributed by atoms with E-state index in [1.165, 1.54) is 29.7 Å². The number of phenols is 1. The molecule has 0 spiro atoms. The van der Waals surface area contributed by atoms with E-state index >= 15 is 0 Å². The molecule has 1 heterocycles. The van der Waals surface area contributed by atoms with Crippen molar-refractivity contribution in [2.75, 3.05) is 5.75 Å². The molecule has 1 fully saturated rings. The molecule has 3 atom stereocenters. The highest BCUT2D eigenvalue weighted by atomic mass is 32.2. The molecule has 1 aromatic rings. The summed E-state index contributed by atoms with van der Waals surface area (Å²) in [7, 11) is 0. The maximum Gasteiger partial charge on any atom is 0.327 e. The van der Waals surface area contributed by atoms with Crippen molar-refractivity contribution in [3.05, 3.63) is 29.8 Å². The molecule has 0 aliphatic carbocycles. The summed E-state index contributed by atoms with van der Waals surface area (Å²) < 4.78 is 0. The lowest BCUT2D eigenvalue weighted by Gasteiger charge is -2.30. The van der Waals surface area contributed by atoms with Crippen molar-refractivity contribution in [2.24, 2.45) is 5.92 Å². The van der Waals surface area contributed by atoms with Gasteiger partial charge in [0.15, 0.2) is 0 Å². The molecule has 0 bridgehead atoms. The number of hydrogen-bond donors (Lipinski definition) is 3. The Kier molecular flexibility index (Phi) is 5.15. The summed E-state index contributed by atoms with van der Waals surface area (Å²) in [6.45, 7) is 1.46. The van der Waals surface area contributed by atoms with Crippen molar-refractivity contribution < 1.29 is 29.7 Å². The molecule has 1 saturated heterocycles. The number of aliphatic carboxylic acids is 2. The van der Waals surface area contributed by atoms with Crippen molar-refractivity contribution in [1.82, 2.24) is 4.90 Å². The summed E-state index contributed by atoms with van der Waals surface area (Å²) in [5.41, 5.74) is 0.442. The van der Waals surface area contributed by atoms with Gasteiger partial charge in [0.1, 0.15) is 17.2 Å². The van der Waals surface area contributed by atoms with Crippen molar-refractivity contribution in [3.63, 3.8) is 0 Å². The fourth-order valence-electron chi connectivity index (χ4n) is 2.51. The van der Waals surface area contributed by atoms with Gasteiger partial charge in [0.2, 0.25) is 5.91 Å². The summed E-state index contributed by atoms with van der Waals surface area (Å²) >= 11 is 1.24. The third-order valence-electron chi connectivity index (χ3n) is 3.65. The zero-order valence-corrected chi connectivity index (χ0v) is 13.2. The third kappa shape index (κ3) is 3.58. The number of amides is 1. The molecule has 0 saturated carbocycles. The van der Waals surface area contributed by atoms with Gasteiger partial charge in [-0.3, -0.25) is 9.59 Å². The van der Waals surface area contributed by atoms with E-state index in [0.29, 0.717) is 5.56 Å². The zero-order chi connectivity index (χ0) is 17.1. The number of carbonyl (C=O) groups excluding carboxylic acids is 1. The number of carbonyl (C=O) groups is 3. The van der Waals surface area contributed by atoms with Gasteiger partial charge in [-0.2, -0.15) is 0 Å². The molecule has 1 aromatic carbocycles.